The molecule has 0 amide bonds. The SMILES string of the molecule is COc1ccc(C2(c3ccc(-c4ccccc4)cc3)C=Cc3c4c(c5ccc(F)cc5c3O2)-c2ccc(F)cc2C4(C)C)cc1. The van der Waals surface area contributed by atoms with Gasteiger partial charge in [-0.25, -0.2) is 8.78 Å². The molecule has 4 heteroatoms. The van der Waals surface area contributed by atoms with Crippen molar-refractivity contribution in [1.29, 1.82) is 0 Å². The van der Waals surface area contributed by atoms with Gasteiger partial charge in [0, 0.05) is 27.5 Å². The molecule has 0 fully saturated rings. The van der Waals surface area contributed by atoms with Crippen LogP contribution in [0, 0.1) is 11.6 Å². The van der Waals surface area contributed by atoms with Crippen LogP contribution in [0.2, 0.25) is 0 Å². The average Bonchev–Trinajstić information content (AvgIpc) is 3.31. The third-order valence-corrected chi connectivity index (χ3v) is 9.50. The smallest absolute Gasteiger partial charge is 0.178 e. The van der Waals surface area contributed by atoms with E-state index >= 15 is 4.39 Å². The van der Waals surface area contributed by atoms with Crippen molar-refractivity contribution < 1.29 is 18.3 Å². The van der Waals surface area contributed by atoms with Crippen LogP contribution in [0.3, 0.4) is 0 Å². The van der Waals surface area contributed by atoms with Gasteiger partial charge in [0.05, 0.1) is 7.11 Å². The third kappa shape index (κ3) is 4.05. The van der Waals surface area contributed by atoms with E-state index in [1.807, 2.05) is 54.6 Å². The lowest BCUT2D eigenvalue weighted by Crippen LogP contribution is -2.35. The Morgan fingerprint density at radius 3 is 2.02 bits per heavy atom. The van der Waals surface area contributed by atoms with Crippen molar-refractivity contribution in [3.63, 3.8) is 0 Å². The van der Waals surface area contributed by atoms with E-state index in [-0.39, 0.29) is 11.6 Å². The second-order valence-corrected chi connectivity index (χ2v) is 12.3. The lowest BCUT2D eigenvalue weighted by molar-refractivity contribution is 0.163. The van der Waals surface area contributed by atoms with Crippen molar-refractivity contribution in [3.05, 3.63) is 161 Å². The summed E-state index contributed by atoms with van der Waals surface area (Å²) in [6, 6.07) is 36.4. The van der Waals surface area contributed by atoms with Gasteiger partial charge in [0.1, 0.15) is 23.1 Å². The number of methoxy groups -OCH3 is 1. The Bertz CT molecular complexity index is 2150. The number of ether oxygens (including phenoxy) is 2. The summed E-state index contributed by atoms with van der Waals surface area (Å²) in [5.41, 5.74) is 7.36. The molecule has 0 bridgehead atoms. The van der Waals surface area contributed by atoms with Gasteiger partial charge in [-0.2, -0.15) is 0 Å². The fraction of sp³-hybridized carbons (Fsp3) is 0.122. The molecule has 8 rings (SSSR count). The Hall–Kier alpha value is -5.22. The van der Waals surface area contributed by atoms with E-state index in [9.17, 15) is 4.39 Å². The van der Waals surface area contributed by atoms with Crippen molar-refractivity contribution in [2.75, 3.05) is 7.11 Å². The van der Waals surface area contributed by atoms with Crippen molar-refractivity contribution in [1.82, 2.24) is 0 Å². The van der Waals surface area contributed by atoms with Gasteiger partial charge in [-0.15, -0.1) is 0 Å². The van der Waals surface area contributed by atoms with E-state index in [2.05, 4.69) is 62.4 Å². The number of rotatable bonds is 4. The summed E-state index contributed by atoms with van der Waals surface area (Å²) in [6.45, 7) is 4.24. The quantitative estimate of drug-likeness (QED) is 0.203. The van der Waals surface area contributed by atoms with Crippen LogP contribution in [-0.2, 0) is 11.0 Å². The van der Waals surface area contributed by atoms with Gasteiger partial charge in [-0.1, -0.05) is 98.8 Å². The van der Waals surface area contributed by atoms with Crippen molar-refractivity contribution in [3.8, 4) is 33.8 Å². The molecule has 1 atom stereocenters. The highest BCUT2D eigenvalue weighted by Gasteiger charge is 2.44. The Morgan fingerprint density at radius 2 is 1.31 bits per heavy atom. The number of fused-ring (bicyclic) bond motifs is 8. The highest BCUT2D eigenvalue weighted by atomic mass is 19.1. The largest absolute Gasteiger partial charge is 0.497 e. The van der Waals surface area contributed by atoms with E-state index in [1.54, 1.807) is 19.2 Å². The summed E-state index contributed by atoms with van der Waals surface area (Å²) < 4.78 is 42.4. The van der Waals surface area contributed by atoms with E-state index < -0.39 is 11.0 Å². The highest BCUT2D eigenvalue weighted by molar-refractivity contribution is 6.08. The predicted molar refractivity (Wildman–Crippen MR) is 177 cm³/mol. The van der Waals surface area contributed by atoms with Crippen LogP contribution in [0.1, 0.15) is 41.7 Å². The molecule has 0 aromatic heterocycles. The predicted octanol–water partition coefficient (Wildman–Crippen LogP) is 10.4. The molecule has 1 heterocycles. The molecule has 220 valence electrons. The zero-order valence-corrected chi connectivity index (χ0v) is 25.2. The van der Waals surface area contributed by atoms with Gasteiger partial charge in [0.2, 0.25) is 0 Å². The Labute approximate surface area is 261 Å². The van der Waals surface area contributed by atoms with Crippen LogP contribution in [0.15, 0.2) is 121 Å². The van der Waals surface area contributed by atoms with Crippen molar-refractivity contribution in [2.24, 2.45) is 0 Å². The van der Waals surface area contributed by atoms with Crippen LogP contribution in [-0.4, -0.2) is 7.11 Å². The molecule has 0 saturated heterocycles. The monoisotopic (exact) mass is 592 g/mol. The maximum atomic E-state index is 15.0. The van der Waals surface area contributed by atoms with Gasteiger partial charge in [-0.3, -0.25) is 0 Å². The van der Waals surface area contributed by atoms with Gasteiger partial charge in [-0.05, 0) is 81.2 Å². The molecule has 6 aromatic rings. The Kier molecular flexibility index (Phi) is 6.01. The van der Waals surface area contributed by atoms with Crippen LogP contribution >= 0.6 is 0 Å². The normalized spacial score (nSPS) is 17.4. The molecule has 1 aliphatic heterocycles. The van der Waals surface area contributed by atoms with Crippen LogP contribution in [0.25, 0.3) is 39.1 Å². The number of benzene rings is 6. The van der Waals surface area contributed by atoms with E-state index in [0.29, 0.717) is 11.1 Å². The lowest BCUT2D eigenvalue weighted by atomic mass is 9.76. The second-order valence-electron chi connectivity index (χ2n) is 12.3. The van der Waals surface area contributed by atoms with E-state index in [4.69, 9.17) is 9.47 Å². The molecule has 1 unspecified atom stereocenters. The third-order valence-electron chi connectivity index (χ3n) is 9.50. The summed E-state index contributed by atoms with van der Waals surface area (Å²) >= 11 is 0. The summed E-state index contributed by atoms with van der Waals surface area (Å²) in [7, 11) is 1.65. The lowest BCUT2D eigenvalue weighted by Gasteiger charge is -2.38. The van der Waals surface area contributed by atoms with Crippen molar-refractivity contribution in [2.45, 2.75) is 24.9 Å². The highest BCUT2D eigenvalue weighted by Crippen LogP contribution is 2.58. The molecule has 45 heavy (non-hydrogen) atoms. The molecular formula is C41H30F2O2. The van der Waals surface area contributed by atoms with Gasteiger partial charge >= 0.3 is 0 Å². The molecule has 1 aliphatic carbocycles. The number of hydrogen-bond acceptors (Lipinski definition) is 2. The first-order chi connectivity index (χ1) is 21.8. The zero-order chi connectivity index (χ0) is 30.9. The minimum Gasteiger partial charge on any atom is -0.497 e. The second kappa shape index (κ2) is 9.90. The van der Waals surface area contributed by atoms with Crippen LogP contribution in [0.4, 0.5) is 8.78 Å². The van der Waals surface area contributed by atoms with Crippen molar-refractivity contribution >= 4 is 16.8 Å². The molecule has 0 spiro atoms. The number of hydrogen-bond donors (Lipinski definition) is 0. The Morgan fingerprint density at radius 1 is 0.667 bits per heavy atom. The van der Waals surface area contributed by atoms with Gasteiger partial charge in [0.25, 0.3) is 0 Å². The average molecular weight is 593 g/mol. The first-order valence-corrected chi connectivity index (χ1v) is 15.1. The maximum absolute atomic E-state index is 15.0. The van der Waals surface area contributed by atoms with Crippen LogP contribution < -0.4 is 9.47 Å². The zero-order valence-electron chi connectivity index (χ0n) is 25.2. The molecule has 0 radical (unpaired) electrons. The van der Waals surface area contributed by atoms with Gasteiger partial charge in [0.15, 0.2) is 5.60 Å². The maximum Gasteiger partial charge on any atom is 0.178 e. The summed E-state index contributed by atoms with van der Waals surface area (Å²) in [4.78, 5) is 0. The molecular weight excluding hydrogens is 562 g/mol. The molecule has 0 saturated carbocycles. The van der Waals surface area contributed by atoms with E-state index in [0.717, 1.165) is 61.2 Å². The molecule has 2 nitrogen and oxygen atoms in total. The minimum absolute atomic E-state index is 0.275. The standard InChI is InChI=1S/C41H30F2O2/c1-40(2)36-24-30(43)16-20-33(36)37-32-19-15-29(42)23-35(32)39-34(38(37)40)21-22-41(45-39,28-13-17-31(44-3)18-14-28)27-11-9-26(10-12-27)25-7-5-4-6-8-25/h4-24H,1-3H3. The molecule has 2 aliphatic rings. The Balaban J connectivity index is 1.39. The summed E-state index contributed by atoms with van der Waals surface area (Å²) in [5.74, 6) is 0.727. The fourth-order valence-electron chi connectivity index (χ4n) is 7.29. The summed E-state index contributed by atoms with van der Waals surface area (Å²) in [5, 5.41) is 1.56. The fourth-order valence-corrected chi connectivity index (χ4v) is 7.29. The molecule has 6 aromatic carbocycles. The van der Waals surface area contributed by atoms with E-state index in [1.165, 1.54) is 12.1 Å². The molecule has 0 N–H and O–H groups in total. The topological polar surface area (TPSA) is 18.5 Å². The first-order valence-electron chi connectivity index (χ1n) is 15.1. The number of halogens is 2. The first kappa shape index (κ1) is 27.3. The van der Waals surface area contributed by atoms with Crippen LogP contribution in [0.5, 0.6) is 11.5 Å². The van der Waals surface area contributed by atoms with Gasteiger partial charge < -0.3 is 9.47 Å². The summed E-state index contributed by atoms with van der Waals surface area (Å²) in [6.07, 6.45) is 4.21. The minimum atomic E-state index is -1.01.